The highest BCUT2D eigenvalue weighted by Crippen LogP contribution is 2.33. The molecule has 0 aliphatic carbocycles. The molecule has 0 spiro atoms. The molecule has 18 heavy (non-hydrogen) atoms. The summed E-state index contributed by atoms with van der Waals surface area (Å²) in [6, 6.07) is 0. The van der Waals surface area contributed by atoms with E-state index in [2.05, 4.69) is 26.0 Å². The normalized spacial score (nSPS) is 17.2. The lowest BCUT2D eigenvalue weighted by Crippen LogP contribution is -2.26. The fourth-order valence-electron chi connectivity index (χ4n) is 2.81. The largest absolute Gasteiger partial charge is 0.479 e. The summed E-state index contributed by atoms with van der Waals surface area (Å²) in [6.07, 6.45) is 6.11. The van der Waals surface area contributed by atoms with Gasteiger partial charge in [0.1, 0.15) is 11.8 Å². The van der Waals surface area contributed by atoms with Crippen molar-refractivity contribution in [3.05, 3.63) is 18.1 Å². The Morgan fingerprint density at radius 2 is 2.11 bits per heavy atom. The molecule has 0 atom stereocenters. The van der Waals surface area contributed by atoms with Gasteiger partial charge >= 0.3 is 0 Å². The first-order chi connectivity index (χ1) is 8.81. The molecule has 0 unspecified atom stereocenters. The number of aromatic nitrogens is 3. The van der Waals surface area contributed by atoms with E-state index in [1.807, 2.05) is 7.05 Å². The van der Waals surface area contributed by atoms with Gasteiger partial charge in [0, 0.05) is 13.2 Å². The summed E-state index contributed by atoms with van der Waals surface area (Å²) in [5.74, 6) is 1.25. The van der Waals surface area contributed by atoms with Gasteiger partial charge in [-0.25, -0.2) is 4.98 Å². The second-order valence-electron chi connectivity index (χ2n) is 4.80. The third kappa shape index (κ3) is 1.75. The van der Waals surface area contributed by atoms with Gasteiger partial charge in [0.2, 0.25) is 5.88 Å². The molecule has 5 nitrogen and oxygen atoms in total. The van der Waals surface area contributed by atoms with Crippen molar-refractivity contribution < 1.29 is 4.74 Å². The molecule has 96 valence electrons. The molecule has 5 heteroatoms. The highest BCUT2D eigenvalue weighted by molar-refractivity contribution is 5.84. The van der Waals surface area contributed by atoms with Crippen LogP contribution in [0.25, 0.3) is 11.0 Å². The molecule has 2 aromatic rings. The monoisotopic (exact) mass is 246 g/mol. The van der Waals surface area contributed by atoms with Crippen molar-refractivity contribution in [2.24, 2.45) is 7.05 Å². The van der Waals surface area contributed by atoms with E-state index in [-0.39, 0.29) is 0 Å². The van der Waals surface area contributed by atoms with E-state index in [0.29, 0.717) is 11.8 Å². The topological polar surface area (TPSA) is 52.0 Å². The number of hydrogen-bond donors (Lipinski definition) is 1. The third-order valence-corrected chi connectivity index (χ3v) is 3.72. The molecule has 1 aliphatic heterocycles. The van der Waals surface area contributed by atoms with Gasteiger partial charge in [-0.05, 0) is 37.4 Å². The Morgan fingerprint density at radius 3 is 2.83 bits per heavy atom. The zero-order valence-electron chi connectivity index (χ0n) is 10.8. The van der Waals surface area contributed by atoms with E-state index in [4.69, 9.17) is 4.74 Å². The van der Waals surface area contributed by atoms with Gasteiger partial charge in [0.05, 0.1) is 12.6 Å². The predicted molar refractivity (Wildman–Crippen MR) is 69.9 cm³/mol. The summed E-state index contributed by atoms with van der Waals surface area (Å²) in [7, 11) is 3.68. The number of methoxy groups -OCH3 is 1. The maximum Gasteiger partial charge on any atom is 0.241 e. The number of nitrogens with zero attached hydrogens (tertiary/aromatic N) is 3. The van der Waals surface area contributed by atoms with Gasteiger partial charge in [0.25, 0.3) is 0 Å². The summed E-state index contributed by atoms with van der Waals surface area (Å²) in [5.41, 5.74) is 3.36. The summed E-state index contributed by atoms with van der Waals surface area (Å²) >= 11 is 0. The standard InChI is InChI=1S/C13H18N4O/c1-17-7-10(9-3-5-14-6-4-9)11-12(17)13(18-2)16-8-15-11/h7-9,14H,3-6H2,1-2H3. The van der Waals surface area contributed by atoms with Crippen LogP contribution < -0.4 is 10.1 Å². The summed E-state index contributed by atoms with van der Waals surface area (Å²) in [6.45, 7) is 2.17. The molecule has 0 saturated carbocycles. The maximum atomic E-state index is 5.32. The minimum atomic E-state index is 0.592. The van der Waals surface area contributed by atoms with Gasteiger partial charge in [-0.1, -0.05) is 0 Å². The van der Waals surface area contributed by atoms with Gasteiger partial charge in [-0.2, -0.15) is 4.98 Å². The van der Waals surface area contributed by atoms with Crippen LogP contribution in [0.3, 0.4) is 0 Å². The first-order valence-electron chi connectivity index (χ1n) is 6.36. The minimum Gasteiger partial charge on any atom is -0.479 e. The number of aryl methyl sites for hydroxylation is 1. The highest BCUT2D eigenvalue weighted by Gasteiger charge is 2.22. The van der Waals surface area contributed by atoms with Crippen molar-refractivity contribution in [2.45, 2.75) is 18.8 Å². The number of piperidine rings is 1. The number of rotatable bonds is 2. The predicted octanol–water partition coefficient (Wildman–Crippen LogP) is 1.44. The minimum absolute atomic E-state index is 0.592. The quantitative estimate of drug-likeness (QED) is 0.871. The van der Waals surface area contributed by atoms with Gasteiger partial charge < -0.3 is 14.6 Å². The molecule has 1 aliphatic rings. The number of fused-ring (bicyclic) bond motifs is 1. The first-order valence-corrected chi connectivity index (χ1v) is 6.36. The Bertz CT molecular complexity index is 557. The van der Waals surface area contributed by atoms with Crippen LogP contribution in [-0.4, -0.2) is 34.7 Å². The van der Waals surface area contributed by atoms with Gasteiger partial charge in [-0.15, -0.1) is 0 Å². The van der Waals surface area contributed by atoms with Crippen LogP contribution in [0.5, 0.6) is 5.88 Å². The number of nitrogens with one attached hydrogen (secondary N) is 1. The molecule has 0 amide bonds. The van der Waals surface area contributed by atoms with Crippen LogP contribution in [0.4, 0.5) is 0 Å². The van der Waals surface area contributed by atoms with E-state index in [9.17, 15) is 0 Å². The van der Waals surface area contributed by atoms with Crippen molar-refractivity contribution >= 4 is 11.0 Å². The van der Waals surface area contributed by atoms with Gasteiger partial charge in [-0.3, -0.25) is 0 Å². The molecule has 3 heterocycles. The Labute approximate surface area is 106 Å². The van der Waals surface area contributed by atoms with Crippen molar-refractivity contribution in [1.82, 2.24) is 19.9 Å². The Kier molecular flexibility index (Phi) is 2.91. The fourth-order valence-corrected chi connectivity index (χ4v) is 2.81. The van der Waals surface area contributed by atoms with Crippen LogP contribution >= 0.6 is 0 Å². The second-order valence-corrected chi connectivity index (χ2v) is 4.80. The summed E-state index contributed by atoms with van der Waals surface area (Å²) in [5, 5.41) is 3.40. The average Bonchev–Trinajstić information content (AvgIpc) is 2.77. The van der Waals surface area contributed by atoms with Crippen LogP contribution in [0.1, 0.15) is 24.3 Å². The van der Waals surface area contributed by atoms with Crippen LogP contribution in [-0.2, 0) is 7.05 Å². The van der Waals surface area contributed by atoms with Crippen LogP contribution in [0.15, 0.2) is 12.5 Å². The average molecular weight is 246 g/mol. The molecule has 3 rings (SSSR count). The molecule has 0 bridgehead atoms. The highest BCUT2D eigenvalue weighted by atomic mass is 16.5. The van der Waals surface area contributed by atoms with Crippen molar-refractivity contribution in [1.29, 1.82) is 0 Å². The third-order valence-electron chi connectivity index (χ3n) is 3.72. The van der Waals surface area contributed by atoms with E-state index in [0.717, 1.165) is 24.1 Å². The zero-order chi connectivity index (χ0) is 12.5. The van der Waals surface area contributed by atoms with Crippen molar-refractivity contribution in [2.75, 3.05) is 20.2 Å². The molecular formula is C13H18N4O. The summed E-state index contributed by atoms with van der Waals surface area (Å²) in [4.78, 5) is 8.63. The van der Waals surface area contributed by atoms with E-state index < -0.39 is 0 Å². The zero-order valence-corrected chi connectivity index (χ0v) is 10.8. The molecule has 1 N–H and O–H groups in total. The van der Waals surface area contributed by atoms with Crippen LogP contribution in [0.2, 0.25) is 0 Å². The van der Waals surface area contributed by atoms with E-state index >= 15 is 0 Å². The molecule has 0 aromatic carbocycles. The lowest BCUT2D eigenvalue weighted by atomic mass is 9.91. The van der Waals surface area contributed by atoms with Crippen molar-refractivity contribution in [3.8, 4) is 5.88 Å². The van der Waals surface area contributed by atoms with E-state index in [1.54, 1.807) is 13.4 Å². The van der Waals surface area contributed by atoms with E-state index in [1.165, 1.54) is 18.4 Å². The molecule has 1 fully saturated rings. The molecule has 0 radical (unpaired) electrons. The van der Waals surface area contributed by atoms with Crippen LogP contribution in [0, 0.1) is 0 Å². The first kappa shape index (κ1) is 11.5. The molecule has 1 saturated heterocycles. The summed E-state index contributed by atoms with van der Waals surface area (Å²) < 4.78 is 7.40. The lowest BCUT2D eigenvalue weighted by Gasteiger charge is -2.21. The smallest absolute Gasteiger partial charge is 0.241 e. The Balaban J connectivity index is 2.12. The Morgan fingerprint density at radius 1 is 1.33 bits per heavy atom. The molecular weight excluding hydrogens is 228 g/mol. The Hall–Kier alpha value is -1.62. The van der Waals surface area contributed by atoms with Gasteiger partial charge in [0.15, 0.2) is 0 Å². The molecule has 2 aromatic heterocycles. The SMILES string of the molecule is COc1ncnc2c(C3CCNCC3)cn(C)c12. The lowest BCUT2D eigenvalue weighted by molar-refractivity contribution is 0.400. The second kappa shape index (κ2) is 4.57. The number of ether oxygens (including phenoxy) is 1. The fraction of sp³-hybridized carbons (Fsp3) is 0.538. The maximum absolute atomic E-state index is 5.32. The van der Waals surface area contributed by atoms with Crippen molar-refractivity contribution in [3.63, 3.8) is 0 Å². The number of hydrogen-bond acceptors (Lipinski definition) is 4.